The van der Waals surface area contributed by atoms with Crippen LogP contribution in [0, 0.1) is 0 Å². The summed E-state index contributed by atoms with van der Waals surface area (Å²) in [4.78, 5) is 16.1. The number of rotatable bonds is 5. The van der Waals surface area contributed by atoms with Crippen molar-refractivity contribution in [3.8, 4) is 0 Å². The van der Waals surface area contributed by atoms with Gasteiger partial charge >= 0.3 is 6.09 Å². The lowest BCUT2D eigenvalue weighted by molar-refractivity contribution is 0.0146. The summed E-state index contributed by atoms with van der Waals surface area (Å²) in [5.74, 6) is 0. The summed E-state index contributed by atoms with van der Waals surface area (Å²) in [5.41, 5.74) is 1.26. The van der Waals surface area contributed by atoms with Gasteiger partial charge in [0.05, 0.1) is 6.26 Å². The molecular formula is C18H29N3O4S. The van der Waals surface area contributed by atoms with Gasteiger partial charge in [-0.25, -0.2) is 13.2 Å². The average Bonchev–Trinajstić information content (AvgIpc) is 2.51. The van der Waals surface area contributed by atoms with Crippen molar-refractivity contribution in [3.63, 3.8) is 0 Å². The quantitative estimate of drug-likeness (QED) is 0.843. The second-order valence-corrected chi connectivity index (χ2v) is 9.38. The van der Waals surface area contributed by atoms with Gasteiger partial charge in [0.15, 0.2) is 0 Å². The molecule has 0 radical (unpaired) electrons. The summed E-state index contributed by atoms with van der Waals surface area (Å²) < 4.78 is 30.3. The Kier molecular flexibility index (Phi) is 6.52. The highest BCUT2D eigenvalue weighted by atomic mass is 32.2. The number of benzene rings is 1. The Morgan fingerprint density at radius 1 is 1.12 bits per heavy atom. The van der Waals surface area contributed by atoms with E-state index >= 15 is 0 Å². The fourth-order valence-corrected chi connectivity index (χ4v) is 3.29. The molecule has 7 nitrogen and oxygen atoms in total. The Morgan fingerprint density at radius 3 is 2.19 bits per heavy atom. The number of carbonyl (C=O) groups excluding carboxylic acids is 1. The lowest BCUT2D eigenvalue weighted by Crippen LogP contribution is -2.50. The molecule has 0 aromatic heterocycles. The third-order valence-electron chi connectivity index (χ3n) is 4.00. The van der Waals surface area contributed by atoms with Gasteiger partial charge in [-0.05, 0) is 44.9 Å². The molecule has 8 heteroatoms. The van der Waals surface area contributed by atoms with Crippen LogP contribution in [-0.4, -0.2) is 68.9 Å². The smallest absolute Gasteiger partial charge is 0.410 e. The van der Waals surface area contributed by atoms with E-state index in [0.29, 0.717) is 18.8 Å². The van der Waals surface area contributed by atoms with Crippen LogP contribution in [0.4, 0.5) is 10.5 Å². The molecule has 1 aromatic rings. The van der Waals surface area contributed by atoms with E-state index in [2.05, 4.69) is 9.62 Å². The minimum Gasteiger partial charge on any atom is -0.444 e. The van der Waals surface area contributed by atoms with Crippen LogP contribution < -0.4 is 4.72 Å². The first kappa shape index (κ1) is 20.5. The molecule has 0 spiro atoms. The molecule has 1 amide bonds. The Morgan fingerprint density at radius 2 is 1.69 bits per heavy atom. The first-order valence-electron chi connectivity index (χ1n) is 8.79. The second kappa shape index (κ2) is 8.26. The van der Waals surface area contributed by atoms with E-state index in [1.54, 1.807) is 17.0 Å². The number of sulfonamides is 1. The number of anilines is 1. The summed E-state index contributed by atoms with van der Waals surface area (Å²) in [7, 11) is -3.24. The predicted octanol–water partition coefficient (Wildman–Crippen LogP) is 2.15. The Balaban J connectivity index is 1.75. The largest absolute Gasteiger partial charge is 0.444 e. The van der Waals surface area contributed by atoms with Gasteiger partial charge in [0, 0.05) is 38.4 Å². The zero-order chi connectivity index (χ0) is 19.4. The highest BCUT2D eigenvalue weighted by Crippen LogP contribution is 2.14. The topological polar surface area (TPSA) is 79.0 Å². The van der Waals surface area contributed by atoms with E-state index in [4.69, 9.17) is 4.74 Å². The number of piperazine rings is 1. The molecule has 0 atom stereocenters. The maximum Gasteiger partial charge on any atom is 0.410 e. The fourth-order valence-electron chi connectivity index (χ4n) is 2.72. The molecule has 1 fully saturated rings. The number of nitrogens with one attached hydrogen (secondary N) is 1. The zero-order valence-electron chi connectivity index (χ0n) is 16.0. The first-order valence-corrected chi connectivity index (χ1v) is 10.7. The van der Waals surface area contributed by atoms with Crippen LogP contribution in [0.2, 0.25) is 0 Å². The van der Waals surface area contributed by atoms with Gasteiger partial charge in [-0.2, -0.15) is 0 Å². The van der Waals surface area contributed by atoms with Crippen molar-refractivity contribution in [2.24, 2.45) is 0 Å². The number of amides is 1. The van der Waals surface area contributed by atoms with E-state index in [0.717, 1.165) is 37.9 Å². The lowest BCUT2D eigenvalue weighted by atomic mass is 10.1. The molecule has 1 aromatic carbocycles. The number of hydrogen-bond acceptors (Lipinski definition) is 5. The second-order valence-electron chi connectivity index (χ2n) is 7.63. The molecule has 0 aliphatic carbocycles. The van der Waals surface area contributed by atoms with E-state index in [9.17, 15) is 13.2 Å². The zero-order valence-corrected chi connectivity index (χ0v) is 16.8. The maximum absolute atomic E-state index is 12.1. The minimum absolute atomic E-state index is 0.244. The van der Waals surface area contributed by atoms with E-state index < -0.39 is 15.6 Å². The number of hydrogen-bond donors (Lipinski definition) is 1. The Bertz CT molecular complexity index is 703. The van der Waals surface area contributed by atoms with Crippen molar-refractivity contribution in [3.05, 3.63) is 29.8 Å². The van der Waals surface area contributed by atoms with Crippen LogP contribution in [0.5, 0.6) is 0 Å². The standard InChI is InChI=1S/C18H29N3O4S/c1-18(2,3)25-17(22)21-13-11-20(12-14-21)10-9-15-5-7-16(8-6-15)19-26(4,23)24/h5-8,19H,9-14H2,1-4H3. The predicted molar refractivity (Wildman–Crippen MR) is 103 cm³/mol. The van der Waals surface area contributed by atoms with Gasteiger partial charge in [0.2, 0.25) is 10.0 Å². The molecule has 0 bridgehead atoms. The third kappa shape index (κ3) is 7.21. The van der Waals surface area contributed by atoms with Gasteiger partial charge < -0.3 is 9.64 Å². The monoisotopic (exact) mass is 383 g/mol. The van der Waals surface area contributed by atoms with Crippen LogP contribution in [0.25, 0.3) is 0 Å². The summed E-state index contributed by atoms with van der Waals surface area (Å²) in [6.07, 6.45) is 1.77. The van der Waals surface area contributed by atoms with Gasteiger partial charge in [-0.1, -0.05) is 12.1 Å². The lowest BCUT2D eigenvalue weighted by Gasteiger charge is -2.35. The van der Waals surface area contributed by atoms with Crippen LogP contribution in [-0.2, 0) is 21.2 Å². The van der Waals surface area contributed by atoms with E-state index in [1.165, 1.54) is 0 Å². The SMILES string of the molecule is CC(C)(C)OC(=O)N1CCN(CCc2ccc(NS(C)(=O)=O)cc2)CC1. The van der Waals surface area contributed by atoms with Crippen molar-refractivity contribution < 1.29 is 17.9 Å². The molecule has 1 saturated heterocycles. The van der Waals surface area contributed by atoms with Crippen LogP contribution in [0.3, 0.4) is 0 Å². The van der Waals surface area contributed by atoms with Crippen molar-refractivity contribution in [1.82, 2.24) is 9.80 Å². The van der Waals surface area contributed by atoms with Gasteiger partial charge in [0.25, 0.3) is 0 Å². The molecule has 2 rings (SSSR count). The Labute approximate surface area is 156 Å². The Hall–Kier alpha value is -1.80. The van der Waals surface area contributed by atoms with Crippen LogP contribution in [0.15, 0.2) is 24.3 Å². The molecule has 1 N–H and O–H groups in total. The van der Waals surface area contributed by atoms with Gasteiger partial charge in [-0.15, -0.1) is 0 Å². The number of carbonyl (C=O) groups is 1. The number of nitrogens with zero attached hydrogens (tertiary/aromatic N) is 2. The van der Waals surface area contributed by atoms with Crippen molar-refractivity contribution in [2.75, 3.05) is 43.7 Å². The van der Waals surface area contributed by atoms with Crippen LogP contribution in [0.1, 0.15) is 26.3 Å². The summed E-state index contributed by atoms with van der Waals surface area (Å²) in [6, 6.07) is 7.42. The fraction of sp³-hybridized carbons (Fsp3) is 0.611. The van der Waals surface area contributed by atoms with Gasteiger partial charge in [-0.3, -0.25) is 9.62 Å². The molecule has 1 aliphatic heterocycles. The average molecular weight is 384 g/mol. The molecule has 1 heterocycles. The summed E-state index contributed by atoms with van der Waals surface area (Å²) in [5, 5.41) is 0. The molecule has 0 saturated carbocycles. The maximum atomic E-state index is 12.1. The van der Waals surface area contributed by atoms with E-state index in [1.807, 2.05) is 32.9 Å². The van der Waals surface area contributed by atoms with Crippen molar-refractivity contribution in [2.45, 2.75) is 32.8 Å². The third-order valence-corrected chi connectivity index (χ3v) is 4.60. The van der Waals surface area contributed by atoms with Gasteiger partial charge in [0.1, 0.15) is 5.60 Å². The first-order chi connectivity index (χ1) is 12.0. The number of ether oxygens (including phenoxy) is 1. The highest BCUT2D eigenvalue weighted by Gasteiger charge is 2.25. The van der Waals surface area contributed by atoms with E-state index in [-0.39, 0.29) is 6.09 Å². The molecule has 26 heavy (non-hydrogen) atoms. The molecular weight excluding hydrogens is 354 g/mol. The molecule has 1 aliphatic rings. The van der Waals surface area contributed by atoms with Crippen LogP contribution >= 0.6 is 0 Å². The molecule has 146 valence electrons. The highest BCUT2D eigenvalue weighted by molar-refractivity contribution is 7.92. The van der Waals surface area contributed by atoms with Crippen molar-refractivity contribution >= 4 is 21.8 Å². The molecule has 0 unspecified atom stereocenters. The normalized spacial score (nSPS) is 16.4. The minimum atomic E-state index is -3.24. The van der Waals surface area contributed by atoms with Crippen molar-refractivity contribution in [1.29, 1.82) is 0 Å². The summed E-state index contributed by atoms with van der Waals surface area (Å²) >= 11 is 0. The summed E-state index contributed by atoms with van der Waals surface area (Å²) in [6.45, 7) is 9.52.